The fourth-order valence-electron chi connectivity index (χ4n) is 2.97. The molecule has 2 aromatic rings. The average Bonchev–Trinajstić information content (AvgIpc) is 3.11. The average molecular weight is 351 g/mol. The minimum Gasteiger partial charge on any atom is -0.355 e. The summed E-state index contributed by atoms with van der Waals surface area (Å²) in [7, 11) is 1.58. The molecule has 6 nitrogen and oxygen atoms in total. The molecule has 3 rings (SSSR count). The van der Waals surface area contributed by atoms with Crippen molar-refractivity contribution in [1.82, 2.24) is 10.6 Å². The standard InChI is InChI=1S/C20H21N3O3/c1-21-19(25)16-5-2-4-14(12-16)13-22-20(26)15-7-9-17(10-8-15)23-11-3-6-18(23)24/h2,4-5,7-10,12H,3,6,11,13H2,1H3,(H,21,25)(H,22,26). The second kappa shape index (κ2) is 7.82. The number of amides is 3. The summed E-state index contributed by atoms with van der Waals surface area (Å²) in [6.45, 7) is 1.06. The maximum atomic E-state index is 12.3. The summed E-state index contributed by atoms with van der Waals surface area (Å²) in [4.78, 5) is 37.5. The third-order valence-electron chi connectivity index (χ3n) is 4.38. The molecule has 0 saturated carbocycles. The van der Waals surface area contributed by atoms with E-state index in [0.29, 0.717) is 24.1 Å². The number of hydrogen-bond donors (Lipinski definition) is 2. The molecule has 0 aliphatic carbocycles. The molecule has 1 aliphatic heterocycles. The van der Waals surface area contributed by atoms with E-state index in [-0.39, 0.29) is 17.7 Å². The van der Waals surface area contributed by atoms with E-state index in [1.54, 1.807) is 54.4 Å². The molecule has 6 heteroatoms. The number of hydrogen-bond acceptors (Lipinski definition) is 3. The lowest BCUT2D eigenvalue weighted by Gasteiger charge is -2.15. The van der Waals surface area contributed by atoms with E-state index in [4.69, 9.17) is 0 Å². The molecule has 0 aromatic heterocycles. The smallest absolute Gasteiger partial charge is 0.251 e. The van der Waals surface area contributed by atoms with Gasteiger partial charge in [0.15, 0.2) is 0 Å². The van der Waals surface area contributed by atoms with Crippen molar-refractivity contribution < 1.29 is 14.4 Å². The van der Waals surface area contributed by atoms with Gasteiger partial charge in [-0.25, -0.2) is 0 Å². The van der Waals surface area contributed by atoms with E-state index >= 15 is 0 Å². The van der Waals surface area contributed by atoms with Gasteiger partial charge in [0.05, 0.1) is 0 Å². The Balaban J connectivity index is 1.61. The van der Waals surface area contributed by atoms with Crippen LogP contribution in [0.3, 0.4) is 0 Å². The van der Waals surface area contributed by atoms with Crippen LogP contribution in [-0.2, 0) is 11.3 Å². The molecule has 3 amide bonds. The summed E-state index contributed by atoms with van der Waals surface area (Å²) in [6.07, 6.45) is 1.45. The zero-order valence-electron chi connectivity index (χ0n) is 14.6. The molecular formula is C20H21N3O3. The molecule has 0 bridgehead atoms. The highest BCUT2D eigenvalue weighted by atomic mass is 16.2. The Morgan fingerprint density at radius 2 is 1.81 bits per heavy atom. The van der Waals surface area contributed by atoms with Gasteiger partial charge in [-0.05, 0) is 48.4 Å². The number of nitrogens with one attached hydrogen (secondary N) is 2. The van der Waals surface area contributed by atoms with Crippen molar-refractivity contribution in [3.8, 4) is 0 Å². The minimum atomic E-state index is -0.199. The third-order valence-corrected chi connectivity index (χ3v) is 4.38. The molecule has 134 valence electrons. The van der Waals surface area contributed by atoms with Gasteiger partial charge in [0.1, 0.15) is 0 Å². The Morgan fingerprint density at radius 3 is 2.46 bits per heavy atom. The summed E-state index contributed by atoms with van der Waals surface area (Å²) in [5.41, 5.74) is 2.75. The second-order valence-electron chi connectivity index (χ2n) is 6.16. The van der Waals surface area contributed by atoms with Crippen LogP contribution in [0.4, 0.5) is 5.69 Å². The van der Waals surface area contributed by atoms with Crippen LogP contribution in [0.25, 0.3) is 0 Å². The fourth-order valence-corrected chi connectivity index (χ4v) is 2.97. The fraction of sp³-hybridized carbons (Fsp3) is 0.250. The molecule has 0 radical (unpaired) electrons. The van der Waals surface area contributed by atoms with E-state index in [1.807, 2.05) is 6.07 Å². The Kier molecular flexibility index (Phi) is 5.31. The van der Waals surface area contributed by atoms with Crippen LogP contribution >= 0.6 is 0 Å². The molecule has 26 heavy (non-hydrogen) atoms. The van der Waals surface area contributed by atoms with Crippen LogP contribution in [0.5, 0.6) is 0 Å². The molecule has 1 saturated heterocycles. The van der Waals surface area contributed by atoms with Crippen molar-refractivity contribution in [3.05, 3.63) is 65.2 Å². The third kappa shape index (κ3) is 3.91. The van der Waals surface area contributed by atoms with E-state index in [1.165, 1.54) is 0 Å². The van der Waals surface area contributed by atoms with Crippen LogP contribution < -0.4 is 15.5 Å². The summed E-state index contributed by atoms with van der Waals surface area (Å²) in [5.74, 6) is -0.238. The van der Waals surface area contributed by atoms with Gasteiger partial charge in [0.25, 0.3) is 11.8 Å². The van der Waals surface area contributed by atoms with Crippen molar-refractivity contribution >= 4 is 23.4 Å². The van der Waals surface area contributed by atoms with Crippen molar-refractivity contribution in [2.75, 3.05) is 18.5 Å². The number of nitrogens with zero attached hydrogens (tertiary/aromatic N) is 1. The maximum Gasteiger partial charge on any atom is 0.251 e. The second-order valence-corrected chi connectivity index (χ2v) is 6.16. The first kappa shape index (κ1) is 17.7. The highest BCUT2D eigenvalue weighted by molar-refractivity contribution is 5.97. The van der Waals surface area contributed by atoms with Gasteiger partial charge in [0.2, 0.25) is 5.91 Å². The zero-order valence-corrected chi connectivity index (χ0v) is 14.6. The van der Waals surface area contributed by atoms with Crippen LogP contribution in [0.1, 0.15) is 39.1 Å². The molecule has 1 heterocycles. The highest BCUT2D eigenvalue weighted by Crippen LogP contribution is 2.21. The van der Waals surface area contributed by atoms with Crippen molar-refractivity contribution in [1.29, 1.82) is 0 Å². The number of carbonyl (C=O) groups is 3. The highest BCUT2D eigenvalue weighted by Gasteiger charge is 2.21. The minimum absolute atomic E-state index is 0.123. The molecular weight excluding hydrogens is 330 g/mol. The van der Waals surface area contributed by atoms with Crippen LogP contribution in [0.2, 0.25) is 0 Å². The van der Waals surface area contributed by atoms with Crippen molar-refractivity contribution in [2.24, 2.45) is 0 Å². The molecule has 2 aromatic carbocycles. The normalized spacial score (nSPS) is 13.6. The molecule has 0 unspecified atom stereocenters. The quantitative estimate of drug-likeness (QED) is 0.866. The lowest BCUT2D eigenvalue weighted by atomic mass is 10.1. The van der Waals surface area contributed by atoms with E-state index in [2.05, 4.69) is 10.6 Å². The van der Waals surface area contributed by atoms with E-state index < -0.39 is 0 Å². The molecule has 1 fully saturated rings. The Hall–Kier alpha value is -3.15. The Bertz CT molecular complexity index is 830. The molecule has 2 N–H and O–H groups in total. The SMILES string of the molecule is CNC(=O)c1cccc(CNC(=O)c2ccc(N3CCCC3=O)cc2)c1. The van der Waals surface area contributed by atoms with Gasteiger partial charge in [0, 0.05) is 43.4 Å². The van der Waals surface area contributed by atoms with Crippen molar-refractivity contribution in [2.45, 2.75) is 19.4 Å². The number of anilines is 1. The van der Waals surface area contributed by atoms with Gasteiger partial charge in [-0.2, -0.15) is 0 Å². The summed E-state index contributed by atoms with van der Waals surface area (Å²) >= 11 is 0. The number of carbonyl (C=O) groups excluding carboxylic acids is 3. The topological polar surface area (TPSA) is 78.5 Å². The lowest BCUT2D eigenvalue weighted by molar-refractivity contribution is -0.117. The van der Waals surface area contributed by atoms with Crippen LogP contribution in [0.15, 0.2) is 48.5 Å². The largest absolute Gasteiger partial charge is 0.355 e. The van der Waals surface area contributed by atoms with Crippen LogP contribution in [-0.4, -0.2) is 31.3 Å². The van der Waals surface area contributed by atoms with E-state index in [0.717, 1.165) is 24.2 Å². The molecule has 1 aliphatic rings. The first-order valence-electron chi connectivity index (χ1n) is 8.58. The first-order valence-corrected chi connectivity index (χ1v) is 8.58. The summed E-state index contributed by atoms with van der Waals surface area (Å²) in [5, 5.41) is 5.42. The van der Waals surface area contributed by atoms with Gasteiger partial charge < -0.3 is 15.5 Å². The monoisotopic (exact) mass is 351 g/mol. The predicted octanol–water partition coefficient (Wildman–Crippen LogP) is 2.10. The number of rotatable bonds is 5. The Labute approximate surface area is 152 Å². The first-order chi connectivity index (χ1) is 12.6. The van der Waals surface area contributed by atoms with Gasteiger partial charge in [-0.1, -0.05) is 12.1 Å². The lowest BCUT2D eigenvalue weighted by Crippen LogP contribution is -2.25. The Morgan fingerprint density at radius 1 is 1.04 bits per heavy atom. The van der Waals surface area contributed by atoms with Gasteiger partial charge in [-0.3, -0.25) is 14.4 Å². The maximum absolute atomic E-state index is 12.3. The van der Waals surface area contributed by atoms with Gasteiger partial charge in [-0.15, -0.1) is 0 Å². The molecule has 0 spiro atoms. The molecule has 0 atom stereocenters. The van der Waals surface area contributed by atoms with Crippen LogP contribution in [0, 0.1) is 0 Å². The number of benzene rings is 2. The van der Waals surface area contributed by atoms with E-state index in [9.17, 15) is 14.4 Å². The zero-order chi connectivity index (χ0) is 18.5. The van der Waals surface area contributed by atoms with Gasteiger partial charge >= 0.3 is 0 Å². The predicted molar refractivity (Wildman–Crippen MR) is 99.0 cm³/mol. The van der Waals surface area contributed by atoms with Crippen molar-refractivity contribution in [3.63, 3.8) is 0 Å². The summed E-state index contributed by atoms with van der Waals surface area (Å²) < 4.78 is 0. The summed E-state index contributed by atoms with van der Waals surface area (Å²) in [6, 6.07) is 14.1.